The van der Waals surface area contributed by atoms with Gasteiger partial charge in [-0.1, -0.05) is 41.9 Å². The van der Waals surface area contributed by atoms with Crippen molar-refractivity contribution in [3.05, 3.63) is 64.4 Å². The van der Waals surface area contributed by atoms with Crippen LogP contribution in [0.2, 0.25) is 5.02 Å². The molecule has 7 heteroatoms. The Labute approximate surface area is 185 Å². The van der Waals surface area contributed by atoms with Crippen LogP contribution in [0.5, 0.6) is 0 Å². The molecule has 2 fully saturated rings. The lowest BCUT2D eigenvalue weighted by Crippen LogP contribution is -2.48. The molecular weight excluding hydrogens is 416 g/mol. The SMILES string of the molecule is Cc1nc(C(=O)N2[C@H](CNc3ccc(Cl)cn3)CC[C@H]3C[C@H]32)c(-c2ccccc2)s1. The molecule has 3 heterocycles. The monoisotopic (exact) mass is 438 g/mol. The zero-order chi connectivity index (χ0) is 20.7. The van der Waals surface area contributed by atoms with Crippen LogP contribution in [0.25, 0.3) is 10.4 Å². The number of anilines is 1. The smallest absolute Gasteiger partial charge is 0.274 e. The van der Waals surface area contributed by atoms with Crippen LogP contribution in [-0.2, 0) is 0 Å². The van der Waals surface area contributed by atoms with Crippen LogP contribution in [0.3, 0.4) is 0 Å². The summed E-state index contributed by atoms with van der Waals surface area (Å²) in [6, 6.07) is 14.2. The minimum Gasteiger partial charge on any atom is -0.368 e. The number of nitrogens with zero attached hydrogens (tertiary/aromatic N) is 3. The van der Waals surface area contributed by atoms with E-state index >= 15 is 0 Å². The fourth-order valence-electron chi connectivity index (χ4n) is 4.40. The molecule has 0 unspecified atom stereocenters. The largest absolute Gasteiger partial charge is 0.368 e. The van der Waals surface area contributed by atoms with Gasteiger partial charge in [-0.2, -0.15) is 0 Å². The lowest BCUT2D eigenvalue weighted by molar-refractivity contribution is 0.0599. The van der Waals surface area contributed by atoms with Crippen molar-refractivity contribution in [2.45, 2.75) is 38.3 Å². The Balaban J connectivity index is 1.40. The van der Waals surface area contributed by atoms with Gasteiger partial charge >= 0.3 is 0 Å². The van der Waals surface area contributed by atoms with Crippen LogP contribution in [-0.4, -0.2) is 39.4 Å². The van der Waals surface area contributed by atoms with Gasteiger partial charge in [0.1, 0.15) is 11.5 Å². The first-order chi connectivity index (χ1) is 14.6. The summed E-state index contributed by atoms with van der Waals surface area (Å²) in [6.07, 6.45) is 4.91. The van der Waals surface area contributed by atoms with Crippen LogP contribution in [0, 0.1) is 12.8 Å². The summed E-state index contributed by atoms with van der Waals surface area (Å²) in [4.78, 5) is 25.8. The van der Waals surface area contributed by atoms with Crippen LogP contribution in [0.1, 0.15) is 34.8 Å². The summed E-state index contributed by atoms with van der Waals surface area (Å²) in [5.41, 5.74) is 1.64. The topological polar surface area (TPSA) is 58.1 Å². The van der Waals surface area contributed by atoms with E-state index in [4.69, 9.17) is 11.6 Å². The maximum atomic E-state index is 13.7. The van der Waals surface area contributed by atoms with Gasteiger partial charge in [0.25, 0.3) is 5.91 Å². The second kappa shape index (κ2) is 8.00. The standard InChI is InChI=1S/C23H23ClN4OS/c1-14-27-21(22(30-14)15-5-3-2-4-6-15)23(29)28-18(9-7-16-11-19(16)28)13-26-20-10-8-17(24)12-25-20/h2-6,8,10,12,16,18-19H,7,9,11,13H2,1H3,(H,25,26)/t16-,18-,19+/m0/s1. The number of benzene rings is 1. The van der Waals surface area contributed by atoms with Crippen LogP contribution >= 0.6 is 22.9 Å². The number of halogens is 1. The number of amides is 1. The Bertz CT molecular complexity index is 1050. The zero-order valence-corrected chi connectivity index (χ0v) is 18.3. The highest BCUT2D eigenvalue weighted by molar-refractivity contribution is 7.15. The van der Waals surface area contributed by atoms with Crippen LogP contribution in [0.15, 0.2) is 48.7 Å². The predicted octanol–water partition coefficient (Wildman–Crippen LogP) is 5.27. The van der Waals surface area contributed by atoms with E-state index in [-0.39, 0.29) is 11.9 Å². The van der Waals surface area contributed by atoms with Gasteiger partial charge in [-0.3, -0.25) is 4.79 Å². The summed E-state index contributed by atoms with van der Waals surface area (Å²) in [7, 11) is 0. The van der Waals surface area contributed by atoms with Crippen molar-refractivity contribution in [3.63, 3.8) is 0 Å². The molecule has 3 atom stereocenters. The fourth-order valence-corrected chi connectivity index (χ4v) is 5.43. The van der Waals surface area contributed by atoms with Gasteiger partial charge in [0.2, 0.25) is 0 Å². The Morgan fingerprint density at radius 3 is 2.83 bits per heavy atom. The quantitative estimate of drug-likeness (QED) is 0.589. The number of carbonyl (C=O) groups excluding carboxylic acids is 1. The van der Waals surface area contributed by atoms with Crippen molar-refractivity contribution < 1.29 is 4.79 Å². The molecule has 1 aromatic carbocycles. The van der Waals surface area contributed by atoms with Gasteiger partial charge in [0.15, 0.2) is 0 Å². The minimum atomic E-state index is 0.0567. The number of aryl methyl sites for hydroxylation is 1. The highest BCUT2D eigenvalue weighted by atomic mass is 35.5. The van der Waals surface area contributed by atoms with E-state index in [2.05, 4.69) is 20.2 Å². The highest BCUT2D eigenvalue weighted by Gasteiger charge is 2.50. The molecule has 0 bridgehead atoms. The molecule has 30 heavy (non-hydrogen) atoms. The third-order valence-corrected chi connectivity index (χ3v) is 7.20. The van der Waals surface area contributed by atoms with Crippen molar-refractivity contribution in [1.82, 2.24) is 14.9 Å². The molecule has 1 aliphatic carbocycles. The third kappa shape index (κ3) is 3.82. The summed E-state index contributed by atoms with van der Waals surface area (Å²) in [5.74, 6) is 1.47. The van der Waals surface area contributed by atoms with Gasteiger partial charge < -0.3 is 10.2 Å². The Morgan fingerprint density at radius 2 is 2.07 bits per heavy atom. The van der Waals surface area contributed by atoms with Crippen molar-refractivity contribution in [3.8, 4) is 10.4 Å². The van der Waals surface area contributed by atoms with E-state index in [0.29, 0.717) is 29.2 Å². The molecule has 1 saturated heterocycles. The number of likely N-dealkylation sites (tertiary alicyclic amines) is 1. The molecule has 1 aliphatic heterocycles. The molecule has 1 N–H and O–H groups in total. The Morgan fingerprint density at radius 1 is 1.23 bits per heavy atom. The maximum Gasteiger partial charge on any atom is 0.274 e. The zero-order valence-electron chi connectivity index (χ0n) is 16.7. The summed E-state index contributed by atoms with van der Waals surface area (Å²) >= 11 is 7.53. The van der Waals surface area contributed by atoms with Crippen molar-refractivity contribution in [2.24, 2.45) is 5.92 Å². The van der Waals surface area contributed by atoms with Crippen molar-refractivity contribution >= 4 is 34.7 Å². The summed E-state index contributed by atoms with van der Waals surface area (Å²) in [6.45, 7) is 2.64. The molecule has 2 aliphatic rings. The van der Waals surface area contributed by atoms with Crippen LogP contribution < -0.4 is 5.32 Å². The molecular formula is C23H23ClN4OS. The predicted molar refractivity (Wildman–Crippen MR) is 121 cm³/mol. The van der Waals surface area contributed by atoms with Gasteiger partial charge in [0.05, 0.1) is 14.9 Å². The summed E-state index contributed by atoms with van der Waals surface area (Å²) < 4.78 is 0. The van der Waals surface area contributed by atoms with E-state index in [1.165, 1.54) is 6.42 Å². The van der Waals surface area contributed by atoms with E-state index in [1.807, 2.05) is 49.4 Å². The first-order valence-corrected chi connectivity index (χ1v) is 11.5. The maximum absolute atomic E-state index is 13.7. The van der Waals surface area contributed by atoms with Gasteiger partial charge in [-0.15, -0.1) is 11.3 Å². The fraction of sp³-hybridized carbons (Fsp3) is 0.348. The molecule has 1 saturated carbocycles. The van der Waals surface area contributed by atoms with Crippen molar-refractivity contribution in [1.29, 1.82) is 0 Å². The van der Waals surface area contributed by atoms with Gasteiger partial charge in [0, 0.05) is 24.8 Å². The van der Waals surface area contributed by atoms with Crippen molar-refractivity contribution in [2.75, 3.05) is 11.9 Å². The number of pyridine rings is 1. The second-order valence-corrected chi connectivity index (χ2v) is 9.67. The Kier molecular flexibility index (Phi) is 5.21. The molecule has 154 valence electrons. The summed E-state index contributed by atoms with van der Waals surface area (Å²) in [5, 5.41) is 4.92. The van der Waals surface area contributed by atoms with E-state index in [0.717, 1.165) is 34.1 Å². The molecule has 3 aromatic rings. The molecule has 0 spiro atoms. The van der Waals surface area contributed by atoms with E-state index in [9.17, 15) is 4.79 Å². The minimum absolute atomic E-state index is 0.0567. The third-order valence-electron chi connectivity index (χ3n) is 5.96. The molecule has 0 radical (unpaired) electrons. The Hall–Kier alpha value is -2.44. The number of fused-ring (bicyclic) bond motifs is 1. The first kappa shape index (κ1) is 19.5. The normalized spacial score (nSPS) is 22.5. The van der Waals surface area contributed by atoms with Gasteiger partial charge in [-0.25, -0.2) is 9.97 Å². The first-order valence-electron chi connectivity index (χ1n) is 10.3. The van der Waals surface area contributed by atoms with Crippen LogP contribution in [0.4, 0.5) is 5.82 Å². The number of piperidine rings is 1. The number of carbonyl (C=O) groups is 1. The number of hydrogen-bond acceptors (Lipinski definition) is 5. The second-order valence-electron chi connectivity index (χ2n) is 8.03. The molecule has 5 rings (SSSR count). The number of thiazole rings is 1. The number of nitrogens with one attached hydrogen (secondary N) is 1. The van der Waals surface area contributed by atoms with E-state index < -0.39 is 0 Å². The highest BCUT2D eigenvalue weighted by Crippen LogP contribution is 2.46. The number of hydrogen-bond donors (Lipinski definition) is 1. The van der Waals surface area contributed by atoms with E-state index in [1.54, 1.807) is 17.5 Å². The molecule has 2 aromatic heterocycles. The molecule has 5 nitrogen and oxygen atoms in total. The lowest BCUT2D eigenvalue weighted by Gasteiger charge is -2.35. The van der Waals surface area contributed by atoms with Gasteiger partial charge in [-0.05, 0) is 49.8 Å². The molecule has 1 amide bonds. The average molecular weight is 439 g/mol. The number of rotatable bonds is 5. The lowest BCUT2D eigenvalue weighted by atomic mass is 10.0. The average Bonchev–Trinajstić information content (AvgIpc) is 3.45. The number of aromatic nitrogens is 2.